The lowest BCUT2D eigenvalue weighted by Gasteiger charge is -2.39. The van der Waals surface area contributed by atoms with Gasteiger partial charge in [0.05, 0.1) is 0 Å². The lowest BCUT2D eigenvalue weighted by molar-refractivity contribution is -0.0325. The molecular weight excluding hydrogens is 983 g/mol. The van der Waals surface area contributed by atoms with Crippen molar-refractivity contribution in [2.75, 3.05) is 26.2 Å². The van der Waals surface area contributed by atoms with Crippen LogP contribution in [0.3, 0.4) is 0 Å². The second-order valence-corrected chi connectivity index (χ2v) is 26.8. The normalized spacial score (nSPS) is 14.5. The molecule has 1 aliphatic rings. The summed E-state index contributed by atoms with van der Waals surface area (Å²) in [6.45, 7) is 17.5. The summed E-state index contributed by atoms with van der Waals surface area (Å²) in [7, 11) is -3.29. The Hall–Kier alpha value is -1.54. The van der Waals surface area contributed by atoms with Crippen molar-refractivity contribution in [3.05, 3.63) is 72.9 Å². The molecule has 0 aromatic carbocycles. The molecule has 0 unspecified atom stereocenters. The number of nitrogens with zero attached hydrogens (tertiary/aromatic N) is 1. The van der Waals surface area contributed by atoms with E-state index in [1.807, 2.05) is 0 Å². The Morgan fingerprint density at radius 2 is 0.582 bits per heavy atom. The molecule has 1 rings (SSSR count). The third-order valence-corrected chi connectivity index (χ3v) is 19.5. The van der Waals surface area contributed by atoms with E-state index in [2.05, 4.69) is 119 Å². The van der Waals surface area contributed by atoms with Crippen LogP contribution in [0.1, 0.15) is 337 Å². The molecule has 79 heavy (non-hydrogen) atoms. The first-order valence-corrected chi connectivity index (χ1v) is 37.2. The van der Waals surface area contributed by atoms with E-state index in [9.17, 15) is 5.11 Å². The standard InChI is InChI=1S/C73H137NO4Si/c1-7-13-19-25-31-37-43-49-57-71(58-50-44-38-32-26-20-14-8-2)76-79(68-56-55-65-74-66-63-70(69-75)64-67-74,77-72(59-51-45-39-33-27-21-15-9-3)60-52-46-40-34-28-22-16-10-4)78-73(61-53-47-41-35-29-23-17-11-5)62-54-48-42-36-30-24-18-12-6/h31-42,70-73,75H,7-30,43-69H2,1-6H3/b37-31-,38-32-,39-33-,40-34-,41-35-,42-36-. The van der Waals surface area contributed by atoms with Crippen LogP contribution in [0.2, 0.25) is 6.04 Å². The molecule has 1 N–H and O–H groups in total. The molecule has 0 aromatic heterocycles. The number of likely N-dealkylation sites (tertiary alicyclic amines) is 1. The van der Waals surface area contributed by atoms with Crippen LogP contribution in [0, 0.1) is 5.92 Å². The summed E-state index contributed by atoms with van der Waals surface area (Å²) in [4.78, 5) is 2.66. The first-order chi connectivity index (χ1) is 39.0. The largest absolute Gasteiger partial charge is 0.501 e. The molecule has 1 saturated heterocycles. The molecule has 0 atom stereocenters. The molecule has 0 amide bonds. The van der Waals surface area contributed by atoms with Crippen LogP contribution in [-0.2, 0) is 13.3 Å². The van der Waals surface area contributed by atoms with E-state index in [4.69, 9.17) is 13.3 Å². The van der Waals surface area contributed by atoms with E-state index >= 15 is 0 Å². The molecule has 0 aliphatic carbocycles. The van der Waals surface area contributed by atoms with Gasteiger partial charge >= 0.3 is 8.80 Å². The van der Waals surface area contributed by atoms with Crippen molar-refractivity contribution < 1.29 is 18.4 Å². The van der Waals surface area contributed by atoms with Gasteiger partial charge in [0.25, 0.3) is 0 Å². The maximum Gasteiger partial charge on any atom is 0.501 e. The minimum atomic E-state index is -3.29. The van der Waals surface area contributed by atoms with Crippen molar-refractivity contribution in [3.63, 3.8) is 0 Å². The quantitative estimate of drug-likeness (QED) is 0.0374. The van der Waals surface area contributed by atoms with Gasteiger partial charge in [-0.2, -0.15) is 0 Å². The number of aliphatic hydroxyl groups is 1. The smallest absolute Gasteiger partial charge is 0.396 e. The molecule has 6 heteroatoms. The van der Waals surface area contributed by atoms with Gasteiger partial charge in [-0.25, -0.2) is 0 Å². The average molecular weight is 1120 g/mol. The van der Waals surface area contributed by atoms with Gasteiger partial charge in [0.2, 0.25) is 0 Å². The fourth-order valence-electron chi connectivity index (χ4n) is 11.1. The minimum absolute atomic E-state index is 0.127. The Labute approximate surface area is 496 Å². The number of hydrogen-bond donors (Lipinski definition) is 1. The van der Waals surface area contributed by atoms with Crippen LogP contribution in [0.5, 0.6) is 0 Å². The lowest BCUT2D eigenvalue weighted by Crippen LogP contribution is -2.53. The number of piperidine rings is 1. The van der Waals surface area contributed by atoms with Gasteiger partial charge < -0.3 is 23.3 Å². The Morgan fingerprint density at radius 3 is 0.810 bits per heavy atom. The van der Waals surface area contributed by atoms with Gasteiger partial charge in [-0.1, -0.05) is 192 Å². The fraction of sp³-hybridized carbons (Fsp3) is 0.836. The Bertz CT molecular complexity index is 1200. The van der Waals surface area contributed by atoms with E-state index in [1.54, 1.807) is 0 Å². The van der Waals surface area contributed by atoms with Gasteiger partial charge in [-0.05, 0) is 244 Å². The zero-order chi connectivity index (χ0) is 57.1. The van der Waals surface area contributed by atoms with Crippen molar-refractivity contribution in [3.8, 4) is 0 Å². The summed E-state index contributed by atoms with van der Waals surface area (Å²) in [5, 5.41) is 9.94. The first kappa shape index (κ1) is 75.5. The van der Waals surface area contributed by atoms with Crippen molar-refractivity contribution in [2.24, 2.45) is 5.92 Å². The molecule has 1 fully saturated rings. The Morgan fingerprint density at radius 1 is 0.342 bits per heavy atom. The van der Waals surface area contributed by atoms with Crippen LogP contribution < -0.4 is 0 Å². The Balaban J connectivity index is 3.87. The number of aliphatic hydroxyl groups excluding tert-OH is 1. The summed E-state index contributed by atoms with van der Waals surface area (Å²) in [5.74, 6) is 0.464. The molecule has 0 aromatic rings. The van der Waals surface area contributed by atoms with Gasteiger partial charge in [0.1, 0.15) is 0 Å². The molecule has 462 valence electrons. The van der Waals surface area contributed by atoms with Gasteiger partial charge in [0.15, 0.2) is 0 Å². The number of hydrogen-bond acceptors (Lipinski definition) is 5. The fourth-order valence-corrected chi connectivity index (χ4v) is 14.6. The lowest BCUT2D eigenvalue weighted by atomic mass is 9.98. The molecule has 0 radical (unpaired) electrons. The zero-order valence-electron chi connectivity index (χ0n) is 53.9. The van der Waals surface area contributed by atoms with Crippen molar-refractivity contribution in [1.82, 2.24) is 4.90 Å². The van der Waals surface area contributed by atoms with Crippen LogP contribution in [0.4, 0.5) is 0 Å². The summed E-state index contributed by atoms with van der Waals surface area (Å²) in [6, 6.07) is 0.904. The topological polar surface area (TPSA) is 51.2 Å². The van der Waals surface area contributed by atoms with E-state index in [1.165, 1.54) is 154 Å². The number of unbranched alkanes of at least 4 members (excludes halogenated alkanes) is 25. The molecule has 1 aliphatic heterocycles. The second kappa shape index (κ2) is 59.6. The van der Waals surface area contributed by atoms with E-state index in [0.29, 0.717) is 12.5 Å². The summed E-state index contributed by atoms with van der Waals surface area (Å²) < 4.78 is 24.1. The van der Waals surface area contributed by atoms with E-state index in [0.717, 1.165) is 167 Å². The number of allylic oxidation sites excluding steroid dienone is 12. The summed E-state index contributed by atoms with van der Waals surface area (Å²) in [5.41, 5.74) is 0. The second-order valence-electron chi connectivity index (χ2n) is 24.2. The van der Waals surface area contributed by atoms with Crippen molar-refractivity contribution >= 4 is 8.80 Å². The first-order valence-electron chi connectivity index (χ1n) is 35.3. The molecule has 1 heterocycles. The highest BCUT2D eigenvalue weighted by Crippen LogP contribution is 2.33. The van der Waals surface area contributed by atoms with E-state index < -0.39 is 8.80 Å². The van der Waals surface area contributed by atoms with Crippen LogP contribution in [0.15, 0.2) is 72.9 Å². The van der Waals surface area contributed by atoms with Gasteiger partial charge in [-0.15, -0.1) is 0 Å². The average Bonchev–Trinajstić information content (AvgIpc) is 3.48. The third-order valence-electron chi connectivity index (χ3n) is 16.4. The summed E-state index contributed by atoms with van der Waals surface area (Å²) in [6.07, 6.45) is 84.8. The van der Waals surface area contributed by atoms with Crippen LogP contribution in [-0.4, -0.2) is 63.4 Å². The molecule has 0 spiro atoms. The molecule has 0 saturated carbocycles. The van der Waals surface area contributed by atoms with Crippen molar-refractivity contribution in [1.29, 1.82) is 0 Å². The molecule has 0 bridgehead atoms. The maximum atomic E-state index is 9.94. The highest BCUT2D eigenvalue weighted by Gasteiger charge is 2.46. The minimum Gasteiger partial charge on any atom is -0.396 e. The van der Waals surface area contributed by atoms with Crippen molar-refractivity contribution in [2.45, 2.75) is 361 Å². The predicted octanol–water partition coefficient (Wildman–Crippen LogP) is 23.4. The zero-order valence-corrected chi connectivity index (χ0v) is 54.9. The Kier molecular flexibility index (Phi) is 56.9. The summed E-state index contributed by atoms with van der Waals surface area (Å²) >= 11 is 0. The maximum absolute atomic E-state index is 9.94. The van der Waals surface area contributed by atoms with E-state index in [-0.39, 0.29) is 18.3 Å². The molecule has 5 nitrogen and oxygen atoms in total. The highest BCUT2D eigenvalue weighted by molar-refractivity contribution is 6.60. The highest BCUT2D eigenvalue weighted by atomic mass is 28.4. The van der Waals surface area contributed by atoms with Gasteiger partial charge in [0, 0.05) is 31.0 Å². The predicted molar refractivity (Wildman–Crippen MR) is 353 cm³/mol. The van der Waals surface area contributed by atoms with Gasteiger partial charge in [-0.3, -0.25) is 0 Å². The van der Waals surface area contributed by atoms with Crippen LogP contribution >= 0.6 is 0 Å². The van der Waals surface area contributed by atoms with Crippen LogP contribution in [0.25, 0.3) is 0 Å². The third kappa shape index (κ3) is 48.5. The monoisotopic (exact) mass is 1120 g/mol. The number of rotatable bonds is 60. The molecular formula is C73H137NO4Si. The SMILES string of the molecule is CCCCC/C=C\CCCC(CCC/C=C\CCCCC)O[Si](CCCCN1CCC(CO)CC1)(OC(CCC/C=C\CCCCC)CCC/C=C\CCCCC)OC(CCC/C=C\CCCCC)CCC/C=C\CCCCC.